The van der Waals surface area contributed by atoms with E-state index in [0.717, 1.165) is 22.8 Å². The van der Waals surface area contributed by atoms with Gasteiger partial charge in [0, 0.05) is 21.9 Å². The van der Waals surface area contributed by atoms with Crippen LogP contribution in [0, 0.1) is 0 Å². The predicted octanol–water partition coefficient (Wildman–Crippen LogP) is 6.69. The second kappa shape index (κ2) is 11.8. The fourth-order valence-electron chi connectivity index (χ4n) is 3.12. The van der Waals surface area contributed by atoms with Gasteiger partial charge in [0.1, 0.15) is 18.1 Å². The Labute approximate surface area is 198 Å². The Kier molecular flexibility index (Phi) is 8.03. The van der Waals surface area contributed by atoms with E-state index in [1.165, 1.54) is 4.90 Å². The number of carbonyl (C=O) groups excluding carboxylic acids is 1. The van der Waals surface area contributed by atoms with Gasteiger partial charge in [-0.3, -0.25) is 4.79 Å². The summed E-state index contributed by atoms with van der Waals surface area (Å²) in [6.45, 7) is 1.11. The molecule has 0 aliphatic rings. The summed E-state index contributed by atoms with van der Waals surface area (Å²) in [7, 11) is 0. The lowest BCUT2D eigenvalue weighted by Crippen LogP contribution is -2.11. The highest BCUT2D eigenvalue weighted by Crippen LogP contribution is 2.20. The normalized spacial score (nSPS) is 10.4. The van der Waals surface area contributed by atoms with Gasteiger partial charge in [-0.15, -0.1) is 11.8 Å². The molecular weight excluding hydrogens is 430 g/mol. The first kappa shape index (κ1) is 22.5. The van der Waals surface area contributed by atoms with E-state index in [-0.39, 0.29) is 5.91 Å². The molecule has 0 unspecified atom stereocenters. The van der Waals surface area contributed by atoms with Gasteiger partial charge in [0.2, 0.25) is 0 Å². The Morgan fingerprint density at radius 3 is 2.00 bits per heavy atom. The van der Waals surface area contributed by atoms with Gasteiger partial charge in [-0.05, 0) is 66.2 Å². The zero-order valence-electron chi connectivity index (χ0n) is 18.1. The minimum Gasteiger partial charge on any atom is -0.493 e. The molecular formula is C28H25NO3S. The van der Waals surface area contributed by atoms with Crippen molar-refractivity contribution in [1.82, 2.24) is 0 Å². The molecule has 0 aromatic heterocycles. The van der Waals surface area contributed by atoms with Crippen molar-refractivity contribution in [2.75, 3.05) is 17.7 Å². The van der Waals surface area contributed by atoms with Crippen molar-refractivity contribution in [1.29, 1.82) is 0 Å². The van der Waals surface area contributed by atoms with Crippen molar-refractivity contribution in [3.8, 4) is 11.5 Å². The minimum absolute atomic E-state index is 0.167. The predicted molar refractivity (Wildman–Crippen MR) is 134 cm³/mol. The number of anilines is 1. The van der Waals surface area contributed by atoms with E-state index in [9.17, 15) is 4.79 Å². The number of hydrogen-bond acceptors (Lipinski definition) is 4. The summed E-state index contributed by atoms with van der Waals surface area (Å²) in [6.07, 6.45) is 0. The van der Waals surface area contributed by atoms with E-state index >= 15 is 0 Å². The largest absolute Gasteiger partial charge is 0.493 e. The van der Waals surface area contributed by atoms with E-state index in [2.05, 4.69) is 17.4 Å². The molecule has 1 amide bonds. The maximum atomic E-state index is 12.6. The summed E-state index contributed by atoms with van der Waals surface area (Å²) in [5.41, 5.74) is 2.40. The second-order valence-corrected chi connectivity index (χ2v) is 8.46. The van der Waals surface area contributed by atoms with Crippen molar-refractivity contribution in [3.05, 3.63) is 120 Å². The maximum Gasteiger partial charge on any atom is 0.255 e. The number of thioether (sulfide) groups is 1. The number of hydrogen-bond donors (Lipinski definition) is 1. The van der Waals surface area contributed by atoms with Crippen LogP contribution < -0.4 is 14.8 Å². The zero-order chi connectivity index (χ0) is 22.7. The molecule has 0 radical (unpaired) electrons. The van der Waals surface area contributed by atoms with E-state index in [4.69, 9.17) is 9.47 Å². The molecule has 33 heavy (non-hydrogen) atoms. The quantitative estimate of drug-likeness (QED) is 0.214. The molecule has 0 heterocycles. The van der Waals surface area contributed by atoms with Crippen molar-refractivity contribution < 1.29 is 14.3 Å². The SMILES string of the molecule is O=C(Nc1ccc(OCc2ccccc2)cc1)c1ccc(OCCSc2ccccc2)cc1. The molecule has 4 rings (SSSR count). The smallest absolute Gasteiger partial charge is 0.255 e. The number of ether oxygens (including phenoxy) is 2. The van der Waals surface area contributed by atoms with Gasteiger partial charge in [-0.2, -0.15) is 0 Å². The summed E-state index contributed by atoms with van der Waals surface area (Å²) >= 11 is 1.75. The maximum absolute atomic E-state index is 12.6. The average molecular weight is 456 g/mol. The molecule has 0 atom stereocenters. The van der Waals surface area contributed by atoms with Crippen molar-refractivity contribution in [2.45, 2.75) is 11.5 Å². The number of benzene rings is 4. The number of amides is 1. The number of nitrogens with one attached hydrogen (secondary N) is 1. The van der Waals surface area contributed by atoms with Gasteiger partial charge in [0.05, 0.1) is 6.61 Å². The third-order valence-electron chi connectivity index (χ3n) is 4.84. The Hall–Kier alpha value is -3.70. The minimum atomic E-state index is -0.167. The molecule has 1 N–H and O–H groups in total. The lowest BCUT2D eigenvalue weighted by molar-refractivity contribution is 0.102. The van der Waals surface area contributed by atoms with Crippen LogP contribution in [0.3, 0.4) is 0 Å². The van der Waals surface area contributed by atoms with E-state index in [1.807, 2.05) is 84.9 Å². The standard InChI is InChI=1S/C28H25NO3S/c30-28(29-24-13-17-26(18-14-24)32-21-22-7-3-1-4-8-22)23-11-15-25(16-12-23)31-19-20-33-27-9-5-2-6-10-27/h1-18H,19-21H2,(H,29,30). The summed E-state index contributed by atoms with van der Waals surface area (Å²) in [5, 5.41) is 2.91. The lowest BCUT2D eigenvalue weighted by Gasteiger charge is -2.09. The summed E-state index contributed by atoms with van der Waals surface area (Å²) in [4.78, 5) is 13.8. The van der Waals surface area contributed by atoms with Crippen LogP contribution in [0.15, 0.2) is 114 Å². The highest BCUT2D eigenvalue weighted by atomic mass is 32.2. The Bertz CT molecular complexity index is 1130. The fraction of sp³-hybridized carbons (Fsp3) is 0.107. The van der Waals surface area contributed by atoms with Crippen LogP contribution in [-0.2, 0) is 6.61 Å². The van der Waals surface area contributed by atoms with E-state index in [1.54, 1.807) is 23.9 Å². The van der Waals surface area contributed by atoms with Crippen LogP contribution in [0.4, 0.5) is 5.69 Å². The molecule has 166 valence electrons. The summed E-state index contributed by atoms with van der Waals surface area (Å²) in [5.74, 6) is 2.19. The van der Waals surface area contributed by atoms with Crippen LogP contribution >= 0.6 is 11.8 Å². The topological polar surface area (TPSA) is 47.6 Å². The van der Waals surface area contributed by atoms with Gasteiger partial charge in [-0.1, -0.05) is 48.5 Å². The molecule has 4 aromatic rings. The van der Waals surface area contributed by atoms with E-state index < -0.39 is 0 Å². The molecule has 0 saturated carbocycles. The molecule has 0 fully saturated rings. The number of rotatable bonds is 10. The monoisotopic (exact) mass is 455 g/mol. The molecule has 0 spiro atoms. The third-order valence-corrected chi connectivity index (χ3v) is 5.82. The number of carbonyl (C=O) groups is 1. The molecule has 0 bridgehead atoms. The zero-order valence-corrected chi connectivity index (χ0v) is 19.0. The highest BCUT2D eigenvalue weighted by molar-refractivity contribution is 7.99. The van der Waals surface area contributed by atoms with E-state index in [0.29, 0.717) is 24.5 Å². The van der Waals surface area contributed by atoms with Gasteiger partial charge in [0.15, 0.2) is 0 Å². The van der Waals surface area contributed by atoms with Crippen LogP contribution in [-0.4, -0.2) is 18.3 Å². The first-order chi connectivity index (χ1) is 16.3. The Morgan fingerprint density at radius 1 is 0.697 bits per heavy atom. The van der Waals surface area contributed by atoms with Gasteiger partial charge in [0.25, 0.3) is 5.91 Å². The molecule has 0 saturated heterocycles. The van der Waals surface area contributed by atoms with Gasteiger partial charge in [-0.25, -0.2) is 0 Å². The average Bonchev–Trinajstić information content (AvgIpc) is 2.88. The van der Waals surface area contributed by atoms with Crippen molar-refractivity contribution in [3.63, 3.8) is 0 Å². The molecule has 4 nitrogen and oxygen atoms in total. The van der Waals surface area contributed by atoms with Crippen molar-refractivity contribution >= 4 is 23.4 Å². The second-order valence-electron chi connectivity index (χ2n) is 7.29. The molecule has 5 heteroatoms. The van der Waals surface area contributed by atoms with Gasteiger partial charge >= 0.3 is 0 Å². The summed E-state index contributed by atoms with van der Waals surface area (Å²) in [6, 6.07) is 34.8. The van der Waals surface area contributed by atoms with Crippen LogP contribution in [0.1, 0.15) is 15.9 Å². The summed E-state index contributed by atoms with van der Waals surface area (Å²) < 4.78 is 11.6. The Balaban J connectivity index is 1.22. The third kappa shape index (κ3) is 7.16. The van der Waals surface area contributed by atoms with Crippen LogP contribution in [0.5, 0.6) is 11.5 Å². The lowest BCUT2D eigenvalue weighted by atomic mass is 10.2. The first-order valence-corrected chi connectivity index (χ1v) is 11.7. The van der Waals surface area contributed by atoms with Crippen LogP contribution in [0.2, 0.25) is 0 Å². The van der Waals surface area contributed by atoms with Crippen LogP contribution in [0.25, 0.3) is 0 Å². The fourth-order valence-corrected chi connectivity index (χ4v) is 3.87. The molecule has 0 aliphatic carbocycles. The molecule has 0 aliphatic heterocycles. The highest BCUT2D eigenvalue weighted by Gasteiger charge is 2.07. The van der Waals surface area contributed by atoms with Crippen molar-refractivity contribution in [2.24, 2.45) is 0 Å². The van der Waals surface area contributed by atoms with Gasteiger partial charge < -0.3 is 14.8 Å². The Morgan fingerprint density at radius 2 is 1.30 bits per heavy atom. The molecule has 4 aromatic carbocycles. The first-order valence-electron chi connectivity index (χ1n) is 10.8.